The molecule has 0 aliphatic carbocycles. The predicted molar refractivity (Wildman–Crippen MR) is 57.8 cm³/mol. The molecule has 0 saturated carbocycles. The van der Waals surface area contributed by atoms with E-state index in [4.69, 9.17) is 0 Å². The van der Waals surface area contributed by atoms with Crippen LogP contribution >= 0.6 is 0 Å². The molecule has 0 aliphatic rings. The molecular weight excluding hydrogens is 233 g/mol. The maximum atomic E-state index is 11.9. The summed E-state index contributed by atoms with van der Waals surface area (Å²) in [5.41, 5.74) is 1.32. The molecule has 1 aromatic heterocycles. The first-order valence-corrected chi connectivity index (χ1v) is 5.11. The molecule has 17 heavy (non-hydrogen) atoms. The number of aromatic nitrogens is 1. The van der Waals surface area contributed by atoms with Gasteiger partial charge in [-0.15, -0.1) is 0 Å². The van der Waals surface area contributed by atoms with Crippen LogP contribution in [-0.4, -0.2) is 24.0 Å². The Kier molecular flexibility index (Phi) is 4.48. The minimum atomic E-state index is -4.28. The van der Waals surface area contributed by atoms with E-state index in [0.29, 0.717) is 11.3 Å². The minimum Gasteiger partial charge on any atom is -0.388 e. The molecule has 0 bridgehead atoms. The summed E-state index contributed by atoms with van der Waals surface area (Å²) in [5.74, 6) is -0.438. The van der Waals surface area contributed by atoms with E-state index < -0.39 is 24.8 Å². The number of hydrogen-bond acceptors (Lipinski definition) is 3. The fourth-order valence-electron chi connectivity index (χ4n) is 1.39. The zero-order valence-electron chi connectivity index (χ0n) is 9.34. The molecule has 0 unspecified atom stereocenters. The first-order valence-electron chi connectivity index (χ1n) is 5.11. The van der Waals surface area contributed by atoms with Crippen LogP contribution in [0.15, 0.2) is 18.5 Å². The van der Waals surface area contributed by atoms with Gasteiger partial charge >= 0.3 is 6.18 Å². The number of ketones is 1. The van der Waals surface area contributed by atoms with Crippen LogP contribution in [0.5, 0.6) is 0 Å². The number of nitrogens with zero attached hydrogens (tertiary/aromatic N) is 1. The number of alkyl halides is 3. The molecule has 1 heterocycles. The molecule has 0 atom stereocenters. The van der Waals surface area contributed by atoms with Gasteiger partial charge in [0.2, 0.25) is 0 Å². The van der Waals surface area contributed by atoms with Crippen molar-refractivity contribution in [1.82, 2.24) is 4.98 Å². The second-order valence-corrected chi connectivity index (χ2v) is 3.61. The highest BCUT2D eigenvalue weighted by Gasteiger charge is 2.27. The van der Waals surface area contributed by atoms with E-state index in [-0.39, 0.29) is 6.42 Å². The molecule has 0 amide bonds. The molecule has 94 valence electrons. The lowest BCUT2D eigenvalue weighted by Crippen LogP contribution is -2.12. The van der Waals surface area contributed by atoms with Gasteiger partial charge in [0.1, 0.15) is 5.78 Å². The van der Waals surface area contributed by atoms with Crippen molar-refractivity contribution >= 4 is 11.5 Å². The average Bonchev–Trinajstić information content (AvgIpc) is 2.26. The number of carbonyl (C=O) groups is 1. The van der Waals surface area contributed by atoms with Crippen LogP contribution in [0.1, 0.15) is 18.4 Å². The summed E-state index contributed by atoms with van der Waals surface area (Å²) < 4.78 is 35.8. The van der Waals surface area contributed by atoms with Gasteiger partial charge in [0.05, 0.1) is 6.42 Å². The van der Waals surface area contributed by atoms with Crippen molar-refractivity contribution in [1.29, 1.82) is 0 Å². The summed E-state index contributed by atoms with van der Waals surface area (Å²) in [6.45, 7) is 0. The summed E-state index contributed by atoms with van der Waals surface area (Å²) in [4.78, 5) is 15.2. The molecule has 1 rings (SSSR count). The first-order chi connectivity index (χ1) is 7.92. The van der Waals surface area contributed by atoms with Crippen LogP contribution in [0.4, 0.5) is 18.9 Å². The number of rotatable bonds is 5. The van der Waals surface area contributed by atoms with Gasteiger partial charge in [0.25, 0.3) is 0 Å². The molecule has 1 aromatic rings. The van der Waals surface area contributed by atoms with Crippen molar-refractivity contribution in [3.63, 3.8) is 0 Å². The third kappa shape index (κ3) is 4.84. The van der Waals surface area contributed by atoms with Gasteiger partial charge in [0, 0.05) is 43.5 Å². The van der Waals surface area contributed by atoms with Gasteiger partial charge in [0.15, 0.2) is 0 Å². The zero-order valence-corrected chi connectivity index (χ0v) is 9.34. The van der Waals surface area contributed by atoms with Gasteiger partial charge in [-0.1, -0.05) is 0 Å². The number of Topliss-reactive ketones (excluding diaryl/α,β-unsaturated/α-hetero) is 1. The van der Waals surface area contributed by atoms with E-state index in [1.165, 1.54) is 6.20 Å². The van der Waals surface area contributed by atoms with Crippen LogP contribution < -0.4 is 5.32 Å². The Hall–Kier alpha value is -1.59. The number of pyridine rings is 1. The molecule has 0 spiro atoms. The molecule has 0 radical (unpaired) electrons. The van der Waals surface area contributed by atoms with Crippen LogP contribution in [0, 0.1) is 0 Å². The van der Waals surface area contributed by atoms with Crippen molar-refractivity contribution < 1.29 is 18.0 Å². The maximum absolute atomic E-state index is 11.9. The Labute approximate surface area is 97.0 Å². The second-order valence-electron chi connectivity index (χ2n) is 3.61. The van der Waals surface area contributed by atoms with E-state index >= 15 is 0 Å². The number of carbonyl (C=O) groups excluding carboxylic acids is 1. The molecular formula is C11H13F3N2O. The first kappa shape index (κ1) is 13.5. The maximum Gasteiger partial charge on any atom is 0.389 e. The highest BCUT2D eigenvalue weighted by molar-refractivity contribution is 5.82. The van der Waals surface area contributed by atoms with Gasteiger partial charge in [-0.2, -0.15) is 13.2 Å². The Morgan fingerprint density at radius 2 is 2.18 bits per heavy atom. The van der Waals surface area contributed by atoms with Crippen molar-refractivity contribution in [2.75, 3.05) is 12.4 Å². The lowest BCUT2D eigenvalue weighted by atomic mass is 10.1. The largest absolute Gasteiger partial charge is 0.389 e. The fourth-order valence-corrected chi connectivity index (χ4v) is 1.39. The van der Waals surface area contributed by atoms with Crippen molar-refractivity contribution in [3.05, 3.63) is 24.0 Å². The van der Waals surface area contributed by atoms with E-state index in [9.17, 15) is 18.0 Å². The SMILES string of the molecule is CNc1ccncc1CC(=O)CCC(F)(F)F. The Morgan fingerprint density at radius 3 is 2.76 bits per heavy atom. The summed E-state index contributed by atoms with van der Waals surface area (Å²) in [7, 11) is 1.68. The van der Waals surface area contributed by atoms with Gasteiger partial charge < -0.3 is 5.32 Å². The predicted octanol–water partition coefficient (Wildman–Crippen LogP) is 2.58. The molecule has 0 fully saturated rings. The zero-order chi connectivity index (χ0) is 12.9. The summed E-state index contributed by atoms with van der Waals surface area (Å²) in [5, 5.41) is 2.86. The lowest BCUT2D eigenvalue weighted by Gasteiger charge is -2.08. The number of halogens is 3. The van der Waals surface area contributed by atoms with Crippen molar-refractivity contribution in [2.45, 2.75) is 25.4 Å². The molecule has 0 aromatic carbocycles. The van der Waals surface area contributed by atoms with E-state index in [1.807, 2.05) is 0 Å². The smallest absolute Gasteiger partial charge is 0.388 e. The van der Waals surface area contributed by atoms with E-state index in [2.05, 4.69) is 10.3 Å². The van der Waals surface area contributed by atoms with Crippen molar-refractivity contribution in [2.24, 2.45) is 0 Å². The van der Waals surface area contributed by atoms with Crippen molar-refractivity contribution in [3.8, 4) is 0 Å². The van der Waals surface area contributed by atoms with E-state index in [1.54, 1.807) is 19.3 Å². The normalized spacial score (nSPS) is 11.3. The van der Waals surface area contributed by atoms with E-state index in [0.717, 1.165) is 0 Å². The molecule has 6 heteroatoms. The topological polar surface area (TPSA) is 42.0 Å². The fraction of sp³-hybridized carbons (Fsp3) is 0.455. The number of hydrogen-bond donors (Lipinski definition) is 1. The van der Waals surface area contributed by atoms with Crippen LogP contribution in [0.3, 0.4) is 0 Å². The summed E-state index contributed by atoms with van der Waals surface area (Å²) in [6.07, 6.45) is -2.83. The summed E-state index contributed by atoms with van der Waals surface area (Å²) in [6, 6.07) is 1.67. The molecule has 0 saturated heterocycles. The monoisotopic (exact) mass is 246 g/mol. The van der Waals surface area contributed by atoms with Crippen LogP contribution in [-0.2, 0) is 11.2 Å². The van der Waals surface area contributed by atoms with Gasteiger partial charge in [-0.25, -0.2) is 0 Å². The van der Waals surface area contributed by atoms with Gasteiger partial charge in [-0.3, -0.25) is 9.78 Å². The third-order valence-electron chi connectivity index (χ3n) is 2.25. The van der Waals surface area contributed by atoms with Crippen LogP contribution in [0.25, 0.3) is 0 Å². The average molecular weight is 246 g/mol. The van der Waals surface area contributed by atoms with Gasteiger partial charge in [-0.05, 0) is 6.07 Å². The highest BCUT2D eigenvalue weighted by atomic mass is 19.4. The number of nitrogens with one attached hydrogen (secondary N) is 1. The second kappa shape index (κ2) is 5.65. The lowest BCUT2D eigenvalue weighted by molar-refractivity contribution is -0.143. The quantitative estimate of drug-likeness (QED) is 0.868. The molecule has 3 nitrogen and oxygen atoms in total. The Morgan fingerprint density at radius 1 is 1.47 bits per heavy atom. The van der Waals surface area contributed by atoms with Crippen LogP contribution in [0.2, 0.25) is 0 Å². The highest BCUT2D eigenvalue weighted by Crippen LogP contribution is 2.22. The standard InChI is InChI=1S/C11H13F3N2O/c1-15-10-3-5-16-7-8(10)6-9(17)2-4-11(12,13)14/h3,5,7H,2,4,6H2,1H3,(H,15,16). The number of anilines is 1. The summed E-state index contributed by atoms with van der Waals surface area (Å²) >= 11 is 0. The third-order valence-corrected chi connectivity index (χ3v) is 2.25. The molecule has 0 aliphatic heterocycles. The minimum absolute atomic E-state index is 0.0277. The Bertz CT molecular complexity index is 391. The molecule has 1 N–H and O–H groups in total. The Balaban J connectivity index is 2.56.